The molecule has 0 fully saturated rings. The van der Waals surface area contributed by atoms with Crippen LogP contribution < -0.4 is 5.32 Å². The van der Waals surface area contributed by atoms with Crippen molar-refractivity contribution >= 4 is 5.91 Å². The number of nitrogens with one attached hydrogen (secondary N) is 1. The average Bonchev–Trinajstić information content (AvgIpc) is 3.08. The second-order valence-corrected chi connectivity index (χ2v) is 5.73. The van der Waals surface area contributed by atoms with Gasteiger partial charge in [-0.25, -0.2) is 4.39 Å². The summed E-state index contributed by atoms with van der Waals surface area (Å²) in [6, 6.07) is 13.8. The minimum atomic E-state index is -0.295. The molecule has 0 aliphatic heterocycles. The first-order valence-electron chi connectivity index (χ1n) is 8.01. The van der Waals surface area contributed by atoms with Crippen molar-refractivity contribution in [2.24, 2.45) is 0 Å². The van der Waals surface area contributed by atoms with E-state index in [4.69, 9.17) is 4.52 Å². The highest BCUT2D eigenvalue weighted by atomic mass is 19.1. The molecule has 1 amide bonds. The Morgan fingerprint density at radius 1 is 1.16 bits per heavy atom. The van der Waals surface area contributed by atoms with Gasteiger partial charge in [-0.2, -0.15) is 4.98 Å². The molecule has 1 heterocycles. The maximum absolute atomic E-state index is 12.8. The number of hydrogen-bond donors (Lipinski definition) is 1. The number of amides is 1. The summed E-state index contributed by atoms with van der Waals surface area (Å²) in [5.74, 6) is 0.533. The number of carbonyl (C=O) groups excluding carboxylic acids is 1. The Kier molecular flexibility index (Phi) is 5.18. The molecule has 0 saturated carbocycles. The van der Waals surface area contributed by atoms with Crippen LogP contribution in [0.2, 0.25) is 0 Å². The molecule has 0 radical (unpaired) electrons. The first-order chi connectivity index (χ1) is 12.1. The molecule has 3 rings (SSSR count). The molecular formula is C19H18FN3O2. The van der Waals surface area contributed by atoms with Gasteiger partial charge >= 0.3 is 0 Å². The molecule has 6 heteroatoms. The number of halogens is 1. The summed E-state index contributed by atoms with van der Waals surface area (Å²) in [4.78, 5) is 16.3. The van der Waals surface area contributed by atoms with Crippen LogP contribution in [0.25, 0.3) is 11.4 Å². The average molecular weight is 339 g/mol. The lowest BCUT2D eigenvalue weighted by molar-refractivity contribution is -0.121. The standard InChI is InChI=1S/C19H18FN3O2/c1-13-4-2-3-5-16(13)19-22-18(25-23-19)11-10-17(24)21-12-14-6-8-15(20)9-7-14/h2-9H,10-12H2,1H3,(H,21,24). The van der Waals surface area contributed by atoms with Crippen molar-refractivity contribution in [2.75, 3.05) is 0 Å². The maximum Gasteiger partial charge on any atom is 0.227 e. The van der Waals surface area contributed by atoms with E-state index in [9.17, 15) is 9.18 Å². The van der Waals surface area contributed by atoms with Gasteiger partial charge in [-0.05, 0) is 30.2 Å². The Morgan fingerprint density at radius 2 is 1.92 bits per heavy atom. The molecule has 3 aromatic rings. The highest BCUT2D eigenvalue weighted by Gasteiger charge is 2.12. The summed E-state index contributed by atoms with van der Waals surface area (Å²) in [7, 11) is 0. The first kappa shape index (κ1) is 16.8. The molecular weight excluding hydrogens is 321 g/mol. The first-order valence-corrected chi connectivity index (χ1v) is 8.01. The Balaban J connectivity index is 1.51. The van der Waals surface area contributed by atoms with E-state index in [1.165, 1.54) is 12.1 Å². The SMILES string of the molecule is Cc1ccccc1-c1noc(CCC(=O)NCc2ccc(F)cc2)n1. The van der Waals surface area contributed by atoms with Crippen molar-refractivity contribution in [2.45, 2.75) is 26.3 Å². The molecule has 0 saturated heterocycles. The third-order valence-electron chi connectivity index (χ3n) is 3.82. The third-order valence-corrected chi connectivity index (χ3v) is 3.82. The Hall–Kier alpha value is -3.02. The third kappa shape index (κ3) is 4.50. The molecule has 5 nitrogen and oxygen atoms in total. The summed E-state index contributed by atoms with van der Waals surface area (Å²) in [5.41, 5.74) is 2.82. The van der Waals surface area contributed by atoms with Gasteiger partial charge in [0.2, 0.25) is 17.6 Å². The molecule has 0 spiro atoms. The van der Waals surface area contributed by atoms with Crippen LogP contribution >= 0.6 is 0 Å². The summed E-state index contributed by atoms with van der Waals surface area (Å²) in [6.07, 6.45) is 0.616. The number of benzene rings is 2. The van der Waals surface area contributed by atoms with Gasteiger partial charge in [-0.1, -0.05) is 41.6 Å². The maximum atomic E-state index is 12.8. The van der Waals surface area contributed by atoms with Gasteiger partial charge in [0.15, 0.2) is 0 Å². The molecule has 0 unspecified atom stereocenters. The summed E-state index contributed by atoms with van der Waals surface area (Å²) in [5, 5.41) is 6.76. The van der Waals surface area contributed by atoms with Crippen LogP contribution in [-0.2, 0) is 17.8 Å². The van der Waals surface area contributed by atoms with Gasteiger partial charge in [0.05, 0.1) is 0 Å². The Bertz CT molecular complexity index is 859. The number of nitrogens with zero attached hydrogens (tertiary/aromatic N) is 2. The fourth-order valence-corrected chi connectivity index (χ4v) is 2.40. The molecule has 128 valence electrons. The van der Waals surface area contributed by atoms with Crippen LogP contribution in [-0.4, -0.2) is 16.0 Å². The normalized spacial score (nSPS) is 10.6. The molecule has 0 atom stereocenters. The lowest BCUT2D eigenvalue weighted by atomic mass is 10.1. The van der Waals surface area contributed by atoms with Crippen molar-refractivity contribution < 1.29 is 13.7 Å². The van der Waals surface area contributed by atoms with E-state index in [1.807, 2.05) is 31.2 Å². The minimum absolute atomic E-state index is 0.125. The minimum Gasteiger partial charge on any atom is -0.352 e. The molecule has 25 heavy (non-hydrogen) atoms. The topological polar surface area (TPSA) is 68.0 Å². The zero-order chi connectivity index (χ0) is 17.6. The number of rotatable bonds is 6. The van der Waals surface area contributed by atoms with Gasteiger partial charge in [0.25, 0.3) is 0 Å². The van der Waals surface area contributed by atoms with Crippen molar-refractivity contribution in [3.05, 3.63) is 71.4 Å². The quantitative estimate of drug-likeness (QED) is 0.747. The molecule has 1 aromatic heterocycles. The van der Waals surface area contributed by atoms with E-state index in [0.717, 1.165) is 16.7 Å². The van der Waals surface area contributed by atoms with Crippen LogP contribution in [0.3, 0.4) is 0 Å². The monoisotopic (exact) mass is 339 g/mol. The lowest BCUT2D eigenvalue weighted by Crippen LogP contribution is -2.23. The number of aromatic nitrogens is 2. The van der Waals surface area contributed by atoms with Crippen LogP contribution in [0.5, 0.6) is 0 Å². The smallest absolute Gasteiger partial charge is 0.227 e. The molecule has 0 bridgehead atoms. The second kappa shape index (κ2) is 7.70. The van der Waals surface area contributed by atoms with Gasteiger partial charge in [-0.3, -0.25) is 4.79 Å². The van der Waals surface area contributed by atoms with Gasteiger partial charge in [0, 0.05) is 24.9 Å². The van der Waals surface area contributed by atoms with Crippen molar-refractivity contribution in [3.8, 4) is 11.4 Å². The summed E-state index contributed by atoms with van der Waals surface area (Å²) >= 11 is 0. The van der Waals surface area contributed by atoms with E-state index >= 15 is 0 Å². The van der Waals surface area contributed by atoms with E-state index in [0.29, 0.717) is 24.7 Å². The van der Waals surface area contributed by atoms with E-state index in [-0.39, 0.29) is 18.1 Å². The molecule has 1 N–H and O–H groups in total. The van der Waals surface area contributed by atoms with Crippen molar-refractivity contribution in [1.82, 2.24) is 15.5 Å². The molecule has 2 aromatic carbocycles. The fourth-order valence-electron chi connectivity index (χ4n) is 2.40. The predicted octanol–water partition coefficient (Wildman–Crippen LogP) is 3.43. The number of hydrogen-bond acceptors (Lipinski definition) is 4. The molecule has 0 aliphatic carbocycles. The fraction of sp³-hybridized carbons (Fsp3) is 0.211. The van der Waals surface area contributed by atoms with Crippen molar-refractivity contribution in [1.29, 1.82) is 0 Å². The van der Waals surface area contributed by atoms with Crippen LogP contribution in [0, 0.1) is 12.7 Å². The van der Waals surface area contributed by atoms with Crippen molar-refractivity contribution in [3.63, 3.8) is 0 Å². The van der Waals surface area contributed by atoms with Gasteiger partial charge in [-0.15, -0.1) is 0 Å². The van der Waals surface area contributed by atoms with Gasteiger partial charge < -0.3 is 9.84 Å². The largest absolute Gasteiger partial charge is 0.352 e. The second-order valence-electron chi connectivity index (χ2n) is 5.73. The number of aryl methyl sites for hydroxylation is 2. The van der Waals surface area contributed by atoms with Gasteiger partial charge in [0.1, 0.15) is 5.82 Å². The molecule has 0 aliphatic rings. The number of carbonyl (C=O) groups is 1. The van der Waals surface area contributed by atoms with Crippen LogP contribution in [0.1, 0.15) is 23.4 Å². The lowest BCUT2D eigenvalue weighted by Gasteiger charge is -2.04. The van der Waals surface area contributed by atoms with E-state index in [1.54, 1.807) is 12.1 Å². The predicted molar refractivity (Wildman–Crippen MR) is 91.0 cm³/mol. The highest BCUT2D eigenvalue weighted by molar-refractivity contribution is 5.76. The zero-order valence-electron chi connectivity index (χ0n) is 13.8. The Labute approximate surface area is 144 Å². The highest BCUT2D eigenvalue weighted by Crippen LogP contribution is 2.20. The van der Waals surface area contributed by atoms with E-state index in [2.05, 4.69) is 15.5 Å². The summed E-state index contributed by atoms with van der Waals surface area (Å²) < 4.78 is 18.1. The van der Waals surface area contributed by atoms with E-state index < -0.39 is 0 Å². The van der Waals surface area contributed by atoms with Crippen LogP contribution in [0.4, 0.5) is 4.39 Å². The zero-order valence-corrected chi connectivity index (χ0v) is 13.8. The Morgan fingerprint density at radius 3 is 2.68 bits per heavy atom. The van der Waals surface area contributed by atoms with Crippen LogP contribution in [0.15, 0.2) is 53.1 Å². The summed E-state index contributed by atoms with van der Waals surface area (Å²) in [6.45, 7) is 2.34.